The maximum atomic E-state index is 13.4. The van der Waals surface area contributed by atoms with E-state index in [-0.39, 0.29) is 13.2 Å². The second-order valence-electron chi connectivity index (χ2n) is 10.4. The van der Waals surface area contributed by atoms with Gasteiger partial charge < -0.3 is 29.5 Å². The molecule has 0 spiro atoms. The highest BCUT2D eigenvalue weighted by atomic mass is 32.2. The molecule has 0 aliphatic carbocycles. The fourth-order valence-electron chi connectivity index (χ4n) is 4.88. The van der Waals surface area contributed by atoms with Crippen molar-refractivity contribution in [2.75, 3.05) is 6.61 Å². The van der Waals surface area contributed by atoms with Gasteiger partial charge in [-0.25, -0.2) is 22.8 Å². The number of carbonyl (C=O) groups excluding carboxylic acids is 4. The molecule has 2 aromatic rings. The van der Waals surface area contributed by atoms with Crippen molar-refractivity contribution in [2.24, 2.45) is 5.92 Å². The molecule has 41 heavy (non-hydrogen) atoms. The number of amides is 2. The van der Waals surface area contributed by atoms with Crippen molar-refractivity contribution in [3.8, 4) is 0 Å². The molecule has 2 N–H and O–H groups in total. The molecule has 0 radical (unpaired) electrons. The van der Waals surface area contributed by atoms with Crippen molar-refractivity contribution in [2.45, 2.75) is 62.3 Å². The molecule has 12 nitrogen and oxygen atoms in total. The Morgan fingerprint density at radius 2 is 1.49 bits per heavy atom. The average molecular weight is 589 g/mol. The third-order valence-corrected chi connectivity index (χ3v) is 10.1. The lowest BCUT2D eigenvalue weighted by atomic mass is 9.92. The van der Waals surface area contributed by atoms with Crippen LogP contribution in [0.1, 0.15) is 31.9 Å². The molecular formula is C28H32N2O10S. The van der Waals surface area contributed by atoms with Gasteiger partial charge in [-0.1, -0.05) is 60.7 Å². The number of nitrogens with zero attached hydrogens (tertiary/aromatic N) is 1. The average Bonchev–Trinajstić information content (AvgIpc) is 3.09. The summed E-state index contributed by atoms with van der Waals surface area (Å²) in [6.45, 7) is 3.13. The summed E-state index contributed by atoms with van der Waals surface area (Å²) in [4.78, 5) is 51.9. The van der Waals surface area contributed by atoms with Gasteiger partial charge in [-0.05, 0) is 31.9 Å². The minimum absolute atomic E-state index is 0.0784. The number of esters is 2. The standard InChI is InChI=1S/C28H32N2O10S/c1-17(31)21(29-27(35)40-15-19-12-8-5-9-13-19)25(33)39-16-20-23(32)30-22(28(2,3)41(36,37)24(20)30)26(34)38-14-18-10-6-4-7-11-18/h4-13,17,20-22,24,31H,14-16H2,1-3H3,(H,29,35)/t17?,20-,21+,22+,24-/m1/s1. The van der Waals surface area contributed by atoms with Crippen LogP contribution in [-0.2, 0) is 51.6 Å². The van der Waals surface area contributed by atoms with Gasteiger partial charge >= 0.3 is 18.0 Å². The van der Waals surface area contributed by atoms with Crippen molar-refractivity contribution in [3.63, 3.8) is 0 Å². The molecule has 0 bridgehead atoms. The summed E-state index contributed by atoms with van der Waals surface area (Å²) in [7, 11) is -4.09. The molecule has 2 aliphatic rings. The summed E-state index contributed by atoms with van der Waals surface area (Å²) in [5, 5.41) is 10.9. The van der Waals surface area contributed by atoms with E-state index in [9.17, 15) is 32.7 Å². The van der Waals surface area contributed by atoms with Crippen molar-refractivity contribution in [1.29, 1.82) is 0 Å². The highest BCUT2D eigenvalue weighted by molar-refractivity contribution is 7.93. The Morgan fingerprint density at radius 1 is 0.951 bits per heavy atom. The van der Waals surface area contributed by atoms with Crippen LogP contribution in [0.3, 0.4) is 0 Å². The number of carbonyl (C=O) groups is 4. The van der Waals surface area contributed by atoms with Crippen molar-refractivity contribution in [1.82, 2.24) is 10.2 Å². The lowest BCUT2D eigenvalue weighted by Crippen LogP contribution is -2.65. The third-order valence-electron chi connectivity index (χ3n) is 7.25. The predicted octanol–water partition coefficient (Wildman–Crippen LogP) is 1.31. The second-order valence-corrected chi connectivity index (χ2v) is 13.1. The Kier molecular flexibility index (Phi) is 8.69. The molecule has 2 aliphatic heterocycles. The Hall–Kier alpha value is -3.97. The lowest BCUT2D eigenvalue weighted by Gasteiger charge is -2.42. The summed E-state index contributed by atoms with van der Waals surface area (Å²) in [5.74, 6) is -3.91. The zero-order valence-electron chi connectivity index (χ0n) is 22.8. The lowest BCUT2D eigenvalue weighted by molar-refractivity contribution is -0.172. The SMILES string of the molecule is CC(O)[C@H](NC(=O)OCc1ccccc1)C(=O)OC[C@@H]1C(=O)N2[C@@H](C(=O)OCc3ccccc3)C(C)(C)S(=O)(=O)[C@H]12. The number of rotatable bonds is 10. The largest absolute Gasteiger partial charge is 0.463 e. The minimum Gasteiger partial charge on any atom is -0.463 e. The molecule has 5 atom stereocenters. The second kappa shape index (κ2) is 11.9. The monoisotopic (exact) mass is 588 g/mol. The first kappa shape index (κ1) is 30.0. The zero-order chi connectivity index (χ0) is 29.9. The van der Waals surface area contributed by atoms with Crippen molar-refractivity contribution in [3.05, 3.63) is 71.8 Å². The molecule has 13 heteroatoms. The van der Waals surface area contributed by atoms with Crippen LogP contribution < -0.4 is 5.32 Å². The van der Waals surface area contributed by atoms with Crippen LogP contribution >= 0.6 is 0 Å². The van der Waals surface area contributed by atoms with Gasteiger partial charge in [-0.2, -0.15) is 0 Å². The van der Waals surface area contributed by atoms with Gasteiger partial charge in [0.05, 0.1) is 10.9 Å². The van der Waals surface area contributed by atoms with Gasteiger partial charge in [0.2, 0.25) is 5.91 Å². The van der Waals surface area contributed by atoms with Crippen LogP contribution in [0.15, 0.2) is 60.7 Å². The fourth-order valence-corrected chi connectivity index (χ4v) is 7.18. The number of nitrogens with one attached hydrogen (secondary N) is 1. The van der Waals surface area contributed by atoms with Crippen molar-refractivity contribution < 1.29 is 46.9 Å². The summed E-state index contributed by atoms with van der Waals surface area (Å²) < 4.78 is 40.7. The highest BCUT2D eigenvalue weighted by Crippen LogP contribution is 2.49. The Labute approximate surface area is 237 Å². The number of alkyl carbamates (subject to hydrolysis) is 1. The fraction of sp³-hybridized carbons (Fsp3) is 0.429. The molecule has 1 unspecified atom stereocenters. The number of fused-ring (bicyclic) bond motifs is 1. The highest BCUT2D eigenvalue weighted by Gasteiger charge is 2.72. The summed E-state index contributed by atoms with van der Waals surface area (Å²) in [5.41, 5.74) is 1.40. The van der Waals surface area contributed by atoms with E-state index < -0.39 is 74.6 Å². The molecule has 2 aromatic carbocycles. The molecule has 2 heterocycles. The first-order valence-electron chi connectivity index (χ1n) is 12.9. The van der Waals surface area contributed by atoms with Crippen LogP contribution in [0.25, 0.3) is 0 Å². The topological polar surface area (TPSA) is 166 Å². The van der Waals surface area contributed by atoms with E-state index in [1.807, 2.05) is 0 Å². The maximum Gasteiger partial charge on any atom is 0.408 e. The number of ether oxygens (including phenoxy) is 3. The summed E-state index contributed by atoms with van der Waals surface area (Å²) in [6.07, 6.45) is -2.38. The molecule has 2 fully saturated rings. The van der Waals surface area contributed by atoms with E-state index in [2.05, 4.69) is 5.32 Å². The molecule has 2 amide bonds. The quantitative estimate of drug-likeness (QED) is 0.235. The van der Waals surface area contributed by atoms with Crippen LogP contribution in [-0.4, -0.2) is 77.3 Å². The van der Waals surface area contributed by atoms with Gasteiger partial charge in [0.1, 0.15) is 31.8 Å². The van der Waals surface area contributed by atoms with Gasteiger partial charge in [0.15, 0.2) is 21.3 Å². The summed E-state index contributed by atoms with van der Waals surface area (Å²) in [6, 6.07) is 14.7. The zero-order valence-corrected chi connectivity index (χ0v) is 23.6. The molecule has 0 saturated carbocycles. The predicted molar refractivity (Wildman–Crippen MR) is 143 cm³/mol. The van der Waals surface area contributed by atoms with Crippen LogP contribution in [0, 0.1) is 5.92 Å². The first-order chi connectivity index (χ1) is 19.4. The van der Waals surface area contributed by atoms with E-state index in [0.717, 1.165) is 4.90 Å². The third kappa shape index (κ3) is 5.91. The Morgan fingerprint density at radius 3 is 2.02 bits per heavy atom. The maximum absolute atomic E-state index is 13.4. The number of aliphatic hydroxyl groups excluding tert-OH is 1. The summed E-state index contributed by atoms with van der Waals surface area (Å²) >= 11 is 0. The number of β-lactam (4-membered cyclic amide) rings is 1. The van der Waals surface area contributed by atoms with Gasteiger partial charge in [0, 0.05) is 0 Å². The smallest absolute Gasteiger partial charge is 0.408 e. The van der Waals surface area contributed by atoms with Gasteiger partial charge in [-0.3, -0.25) is 4.79 Å². The number of aliphatic hydroxyl groups is 1. The van der Waals surface area contributed by atoms with E-state index in [1.165, 1.54) is 20.8 Å². The molecule has 0 aromatic heterocycles. The number of hydrogen-bond donors (Lipinski definition) is 2. The van der Waals surface area contributed by atoms with Crippen LogP contribution in [0.5, 0.6) is 0 Å². The Balaban J connectivity index is 1.37. The minimum atomic E-state index is -4.09. The Bertz CT molecular complexity index is 1400. The van der Waals surface area contributed by atoms with E-state index in [1.54, 1.807) is 60.7 Å². The van der Waals surface area contributed by atoms with Crippen LogP contribution in [0.2, 0.25) is 0 Å². The normalized spacial score (nSPS) is 23.4. The molecular weight excluding hydrogens is 556 g/mol. The van der Waals surface area contributed by atoms with E-state index in [0.29, 0.717) is 11.1 Å². The van der Waals surface area contributed by atoms with Crippen LogP contribution in [0.4, 0.5) is 4.79 Å². The number of sulfone groups is 1. The van der Waals surface area contributed by atoms with E-state index in [4.69, 9.17) is 14.2 Å². The van der Waals surface area contributed by atoms with Gasteiger partial charge in [0.25, 0.3) is 0 Å². The first-order valence-corrected chi connectivity index (χ1v) is 14.5. The molecule has 4 rings (SSSR count). The van der Waals surface area contributed by atoms with Gasteiger partial charge in [-0.15, -0.1) is 0 Å². The number of hydrogen-bond acceptors (Lipinski definition) is 10. The number of benzene rings is 2. The molecule has 220 valence electrons. The molecule has 2 saturated heterocycles. The van der Waals surface area contributed by atoms with E-state index >= 15 is 0 Å². The van der Waals surface area contributed by atoms with Crippen molar-refractivity contribution >= 4 is 33.8 Å².